The molecule has 2 heterocycles. The fourth-order valence-corrected chi connectivity index (χ4v) is 3.20. The number of hydrogen-bond acceptors (Lipinski definition) is 3. The van der Waals surface area contributed by atoms with Gasteiger partial charge in [0.05, 0.1) is 23.1 Å². The lowest BCUT2D eigenvalue weighted by molar-refractivity contribution is -0.119. The van der Waals surface area contributed by atoms with Crippen LogP contribution in [0, 0.1) is 6.92 Å². The van der Waals surface area contributed by atoms with Crippen LogP contribution in [0.15, 0.2) is 60.8 Å². The number of rotatable bonds is 3. The summed E-state index contributed by atoms with van der Waals surface area (Å²) in [5.41, 5.74) is 6.01. The molecule has 0 saturated heterocycles. The first kappa shape index (κ1) is 16.2. The molecule has 1 N–H and O–H groups in total. The minimum absolute atomic E-state index is 0.00949. The maximum Gasteiger partial charge on any atom is 0.224 e. The SMILES string of the molecule is CNC(=O)Cc1ccc2nc(-c3ccc4cccnc4c3)cc(C)c2c1. The summed E-state index contributed by atoms with van der Waals surface area (Å²) in [5.74, 6) is 0.00949. The molecule has 0 aliphatic heterocycles. The van der Waals surface area contributed by atoms with Crippen LogP contribution in [0.3, 0.4) is 0 Å². The van der Waals surface area contributed by atoms with Crippen molar-refractivity contribution in [3.05, 3.63) is 71.9 Å². The molecular weight excluding hydrogens is 322 g/mol. The molecule has 26 heavy (non-hydrogen) atoms. The Labute approximate surface area is 151 Å². The molecule has 4 rings (SSSR count). The molecule has 0 aliphatic carbocycles. The van der Waals surface area contributed by atoms with E-state index in [1.807, 2.05) is 18.2 Å². The summed E-state index contributed by atoms with van der Waals surface area (Å²) >= 11 is 0. The van der Waals surface area contributed by atoms with Crippen molar-refractivity contribution in [1.82, 2.24) is 15.3 Å². The van der Waals surface area contributed by atoms with Crippen LogP contribution in [0.4, 0.5) is 0 Å². The van der Waals surface area contributed by atoms with Gasteiger partial charge in [-0.3, -0.25) is 9.78 Å². The number of aryl methyl sites for hydroxylation is 1. The summed E-state index contributed by atoms with van der Waals surface area (Å²) in [6.45, 7) is 2.08. The van der Waals surface area contributed by atoms with E-state index in [2.05, 4.69) is 53.6 Å². The number of carbonyl (C=O) groups is 1. The fraction of sp³-hybridized carbons (Fsp3) is 0.136. The molecule has 4 nitrogen and oxygen atoms in total. The molecular formula is C22H19N3O. The minimum Gasteiger partial charge on any atom is -0.359 e. The number of aromatic nitrogens is 2. The molecule has 0 radical (unpaired) electrons. The van der Waals surface area contributed by atoms with Crippen LogP contribution < -0.4 is 5.32 Å². The summed E-state index contributed by atoms with van der Waals surface area (Å²) in [6.07, 6.45) is 2.18. The fourth-order valence-electron chi connectivity index (χ4n) is 3.20. The van der Waals surface area contributed by atoms with Gasteiger partial charge >= 0.3 is 0 Å². The highest BCUT2D eigenvalue weighted by molar-refractivity contribution is 5.89. The Morgan fingerprint density at radius 1 is 1.04 bits per heavy atom. The van der Waals surface area contributed by atoms with Crippen LogP contribution in [0.2, 0.25) is 0 Å². The number of amides is 1. The zero-order valence-corrected chi connectivity index (χ0v) is 14.8. The average molecular weight is 341 g/mol. The standard InChI is InChI=1S/C22H19N3O/c1-14-10-21(17-7-6-16-4-3-9-24-20(16)13-17)25-19-8-5-15(11-18(14)19)12-22(26)23-2/h3-11,13H,12H2,1-2H3,(H,23,26). The zero-order chi connectivity index (χ0) is 18.1. The number of pyridine rings is 2. The summed E-state index contributed by atoms with van der Waals surface area (Å²) in [6, 6.07) is 18.3. The van der Waals surface area contributed by atoms with Gasteiger partial charge in [-0.1, -0.05) is 24.3 Å². The van der Waals surface area contributed by atoms with Gasteiger partial charge in [0.15, 0.2) is 0 Å². The number of fused-ring (bicyclic) bond motifs is 2. The third kappa shape index (κ3) is 3.02. The van der Waals surface area contributed by atoms with Crippen LogP contribution in [0.1, 0.15) is 11.1 Å². The third-order valence-electron chi connectivity index (χ3n) is 4.63. The van der Waals surface area contributed by atoms with Crippen LogP contribution in [0.25, 0.3) is 33.1 Å². The molecule has 4 aromatic rings. The van der Waals surface area contributed by atoms with Crippen LogP contribution >= 0.6 is 0 Å². The van der Waals surface area contributed by atoms with Crippen LogP contribution in [-0.4, -0.2) is 22.9 Å². The third-order valence-corrected chi connectivity index (χ3v) is 4.63. The first-order valence-corrected chi connectivity index (χ1v) is 8.60. The van der Waals surface area contributed by atoms with Crippen molar-refractivity contribution < 1.29 is 4.79 Å². The van der Waals surface area contributed by atoms with Crippen LogP contribution in [-0.2, 0) is 11.2 Å². The second kappa shape index (κ2) is 6.56. The van der Waals surface area contributed by atoms with Gasteiger partial charge in [-0.2, -0.15) is 0 Å². The number of hydrogen-bond donors (Lipinski definition) is 1. The lowest BCUT2D eigenvalue weighted by Gasteiger charge is -2.09. The van der Waals surface area contributed by atoms with Crippen molar-refractivity contribution in [3.8, 4) is 11.3 Å². The molecule has 0 atom stereocenters. The lowest BCUT2D eigenvalue weighted by atomic mass is 10.0. The number of likely N-dealkylation sites (N-methyl/N-ethyl adjacent to an activating group) is 1. The molecule has 0 unspecified atom stereocenters. The molecule has 0 fully saturated rings. The van der Waals surface area contributed by atoms with Crippen molar-refractivity contribution in [2.24, 2.45) is 0 Å². The highest BCUT2D eigenvalue weighted by Gasteiger charge is 2.08. The predicted octanol–water partition coefficient (Wildman–Crippen LogP) is 4.05. The van der Waals surface area contributed by atoms with E-state index in [0.29, 0.717) is 6.42 Å². The summed E-state index contributed by atoms with van der Waals surface area (Å²) in [4.78, 5) is 20.9. The van der Waals surface area contributed by atoms with Crippen molar-refractivity contribution in [3.63, 3.8) is 0 Å². The Hall–Kier alpha value is -3.27. The normalized spacial score (nSPS) is 11.0. The molecule has 128 valence electrons. The molecule has 0 aliphatic rings. The van der Waals surface area contributed by atoms with Gasteiger partial charge in [-0.15, -0.1) is 0 Å². The van der Waals surface area contributed by atoms with Gasteiger partial charge in [0.1, 0.15) is 0 Å². The second-order valence-electron chi connectivity index (χ2n) is 6.44. The van der Waals surface area contributed by atoms with Gasteiger partial charge in [-0.25, -0.2) is 4.98 Å². The van der Waals surface area contributed by atoms with E-state index in [0.717, 1.165) is 44.2 Å². The van der Waals surface area contributed by atoms with Gasteiger partial charge in [-0.05, 0) is 48.4 Å². The Morgan fingerprint density at radius 3 is 2.77 bits per heavy atom. The van der Waals surface area contributed by atoms with Crippen LogP contribution in [0.5, 0.6) is 0 Å². The van der Waals surface area contributed by atoms with E-state index in [-0.39, 0.29) is 5.91 Å². The monoisotopic (exact) mass is 341 g/mol. The largest absolute Gasteiger partial charge is 0.359 e. The smallest absolute Gasteiger partial charge is 0.224 e. The topological polar surface area (TPSA) is 54.9 Å². The quantitative estimate of drug-likeness (QED) is 0.612. The van der Waals surface area contributed by atoms with E-state index < -0.39 is 0 Å². The summed E-state index contributed by atoms with van der Waals surface area (Å²) in [7, 11) is 1.65. The highest BCUT2D eigenvalue weighted by atomic mass is 16.1. The Morgan fingerprint density at radius 2 is 1.92 bits per heavy atom. The summed E-state index contributed by atoms with van der Waals surface area (Å²) < 4.78 is 0. The molecule has 2 aromatic carbocycles. The number of carbonyl (C=O) groups excluding carboxylic acids is 1. The van der Waals surface area contributed by atoms with E-state index in [1.54, 1.807) is 13.2 Å². The molecule has 0 spiro atoms. The zero-order valence-electron chi connectivity index (χ0n) is 14.8. The maximum absolute atomic E-state index is 11.6. The van der Waals surface area contributed by atoms with E-state index in [9.17, 15) is 4.79 Å². The van der Waals surface area contributed by atoms with Gasteiger partial charge in [0.25, 0.3) is 0 Å². The van der Waals surface area contributed by atoms with Crippen molar-refractivity contribution >= 4 is 27.7 Å². The van der Waals surface area contributed by atoms with Gasteiger partial charge < -0.3 is 5.32 Å². The average Bonchev–Trinajstić information content (AvgIpc) is 2.67. The van der Waals surface area contributed by atoms with Gasteiger partial charge in [0.2, 0.25) is 5.91 Å². The number of benzene rings is 2. The maximum atomic E-state index is 11.6. The minimum atomic E-state index is 0.00949. The molecule has 0 bridgehead atoms. The second-order valence-corrected chi connectivity index (χ2v) is 6.44. The van der Waals surface area contributed by atoms with Crippen molar-refractivity contribution in [2.45, 2.75) is 13.3 Å². The Kier molecular flexibility index (Phi) is 4.09. The molecule has 2 aromatic heterocycles. The lowest BCUT2D eigenvalue weighted by Crippen LogP contribution is -2.19. The summed E-state index contributed by atoms with van der Waals surface area (Å²) in [5, 5.41) is 4.86. The van der Waals surface area contributed by atoms with E-state index in [4.69, 9.17) is 4.98 Å². The molecule has 4 heteroatoms. The highest BCUT2D eigenvalue weighted by Crippen LogP contribution is 2.27. The Bertz CT molecular complexity index is 1130. The Balaban J connectivity index is 1.78. The first-order valence-electron chi connectivity index (χ1n) is 8.60. The van der Waals surface area contributed by atoms with Gasteiger partial charge in [0, 0.05) is 29.6 Å². The van der Waals surface area contributed by atoms with E-state index in [1.165, 1.54) is 0 Å². The van der Waals surface area contributed by atoms with Crippen molar-refractivity contribution in [1.29, 1.82) is 0 Å². The number of nitrogens with one attached hydrogen (secondary N) is 1. The molecule has 0 saturated carbocycles. The first-order chi connectivity index (χ1) is 12.6. The predicted molar refractivity (Wildman–Crippen MR) is 105 cm³/mol. The van der Waals surface area contributed by atoms with E-state index >= 15 is 0 Å². The number of nitrogens with zero attached hydrogens (tertiary/aromatic N) is 2. The van der Waals surface area contributed by atoms with Crippen molar-refractivity contribution in [2.75, 3.05) is 7.05 Å². The molecule has 1 amide bonds.